The Hall–Kier alpha value is -4.00. The van der Waals surface area contributed by atoms with Crippen LogP contribution in [0.4, 0.5) is 5.69 Å². The van der Waals surface area contributed by atoms with Gasteiger partial charge in [0.15, 0.2) is 0 Å². The van der Waals surface area contributed by atoms with Gasteiger partial charge in [-0.2, -0.15) is 0 Å². The van der Waals surface area contributed by atoms with Crippen LogP contribution in [0.2, 0.25) is 0 Å². The van der Waals surface area contributed by atoms with Crippen molar-refractivity contribution in [1.82, 2.24) is 5.32 Å². The van der Waals surface area contributed by atoms with E-state index >= 15 is 0 Å². The number of non-ortho nitro benzene ring substituents is 1. The SMILES string of the molecule is COC(=O)[C@@H](Cc1ccc(-c2ccccc2)cc1)NC(=O)Cc1cccc([N+](=O)[O-])c1. The number of carbonyl (C=O) groups excluding carboxylic acids is 2. The maximum absolute atomic E-state index is 12.5. The number of amides is 1. The van der Waals surface area contributed by atoms with Gasteiger partial charge in [-0.25, -0.2) is 4.79 Å². The fourth-order valence-corrected chi connectivity index (χ4v) is 3.25. The summed E-state index contributed by atoms with van der Waals surface area (Å²) >= 11 is 0. The van der Waals surface area contributed by atoms with Crippen LogP contribution in [0.1, 0.15) is 11.1 Å². The van der Waals surface area contributed by atoms with Gasteiger partial charge in [0.2, 0.25) is 5.91 Å². The number of nitro benzene ring substituents is 1. The molecule has 7 nitrogen and oxygen atoms in total. The molecule has 0 saturated carbocycles. The van der Waals surface area contributed by atoms with E-state index in [2.05, 4.69) is 5.32 Å². The molecule has 3 aromatic rings. The molecular formula is C24H22N2O5. The van der Waals surface area contributed by atoms with Crippen molar-refractivity contribution in [3.05, 3.63) is 100 Å². The van der Waals surface area contributed by atoms with Crippen molar-refractivity contribution in [1.29, 1.82) is 0 Å². The molecule has 1 atom stereocenters. The molecule has 7 heteroatoms. The highest BCUT2D eigenvalue weighted by Crippen LogP contribution is 2.20. The monoisotopic (exact) mass is 418 g/mol. The summed E-state index contributed by atoms with van der Waals surface area (Å²) < 4.78 is 4.84. The number of carbonyl (C=O) groups is 2. The molecule has 0 spiro atoms. The van der Waals surface area contributed by atoms with Crippen molar-refractivity contribution in [3.63, 3.8) is 0 Å². The first kappa shape index (κ1) is 21.7. The van der Waals surface area contributed by atoms with E-state index in [4.69, 9.17) is 4.74 Å². The first-order valence-corrected chi connectivity index (χ1v) is 9.71. The Bertz CT molecular complexity index is 1060. The number of nitro groups is 1. The van der Waals surface area contributed by atoms with E-state index in [1.165, 1.54) is 25.3 Å². The zero-order valence-corrected chi connectivity index (χ0v) is 17.0. The van der Waals surface area contributed by atoms with Crippen LogP contribution in [-0.4, -0.2) is 30.0 Å². The van der Waals surface area contributed by atoms with Gasteiger partial charge in [0.05, 0.1) is 18.5 Å². The zero-order valence-electron chi connectivity index (χ0n) is 17.0. The average Bonchev–Trinajstić information content (AvgIpc) is 2.79. The summed E-state index contributed by atoms with van der Waals surface area (Å²) in [4.78, 5) is 35.1. The highest BCUT2D eigenvalue weighted by Gasteiger charge is 2.22. The van der Waals surface area contributed by atoms with Crippen LogP contribution < -0.4 is 5.32 Å². The molecule has 1 N–H and O–H groups in total. The number of benzene rings is 3. The maximum atomic E-state index is 12.5. The van der Waals surface area contributed by atoms with E-state index in [9.17, 15) is 19.7 Å². The van der Waals surface area contributed by atoms with Gasteiger partial charge in [-0.1, -0.05) is 66.7 Å². The summed E-state index contributed by atoms with van der Waals surface area (Å²) in [5.41, 5.74) is 3.40. The maximum Gasteiger partial charge on any atom is 0.328 e. The fourth-order valence-electron chi connectivity index (χ4n) is 3.25. The Balaban J connectivity index is 1.68. The van der Waals surface area contributed by atoms with Gasteiger partial charge in [0.1, 0.15) is 6.04 Å². The third-order valence-corrected chi connectivity index (χ3v) is 4.81. The first-order valence-electron chi connectivity index (χ1n) is 9.71. The number of nitrogens with one attached hydrogen (secondary N) is 1. The molecule has 0 aliphatic rings. The predicted molar refractivity (Wildman–Crippen MR) is 116 cm³/mol. The number of ether oxygens (including phenoxy) is 1. The quantitative estimate of drug-likeness (QED) is 0.342. The summed E-state index contributed by atoms with van der Waals surface area (Å²) in [5, 5.41) is 13.6. The normalized spacial score (nSPS) is 11.4. The van der Waals surface area contributed by atoms with Crippen LogP contribution in [0.3, 0.4) is 0 Å². The lowest BCUT2D eigenvalue weighted by Crippen LogP contribution is -2.43. The first-order chi connectivity index (χ1) is 15.0. The zero-order chi connectivity index (χ0) is 22.2. The average molecular weight is 418 g/mol. The molecule has 158 valence electrons. The lowest BCUT2D eigenvalue weighted by Gasteiger charge is -2.17. The van der Waals surface area contributed by atoms with Crippen molar-refractivity contribution in [3.8, 4) is 11.1 Å². The Morgan fingerprint density at radius 2 is 1.61 bits per heavy atom. The van der Waals surface area contributed by atoms with Crippen molar-refractivity contribution in [2.45, 2.75) is 18.9 Å². The summed E-state index contributed by atoms with van der Waals surface area (Å²) in [6.07, 6.45) is 0.185. The van der Waals surface area contributed by atoms with E-state index < -0.39 is 22.8 Å². The second-order valence-electron chi connectivity index (χ2n) is 7.01. The summed E-state index contributed by atoms with van der Waals surface area (Å²) in [6.45, 7) is 0. The molecule has 0 unspecified atom stereocenters. The largest absolute Gasteiger partial charge is 0.467 e. The Labute approximate surface area is 179 Å². The van der Waals surface area contributed by atoms with Crippen LogP contribution in [0.25, 0.3) is 11.1 Å². The van der Waals surface area contributed by atoms with Crippen molar-refractivity contribution >= 4 is 17.6 Å². The molecule has 3 rings (SSSR count). The molecule has 0 bridgehead atoms. The Kier molecular flexibility index (Phi) is 7.11. The molecule has 3 aromatic carbocycles. The molecule has 0 radical (unpaired) electrons. The van der Waals surface area contributed by atoms with E-state index in [-0.39, 0.29) is 18.5 Å². The van der Waals surface area contributed by atoms with Crippen LogP contribution in [0.5, 0.6) is 0 Å². The van der Waals surface area contributed by atoms with Crippen LogP contribution in [0, 0.1) is 10.1 Å². The van der Waals surface area contributed by atoms with Crippen LogP contribution in [-0.2, 0) is 27.2 Å². The predicted octanol–water partition coefficient (Wildman–Crippen LogP) is 3.70. The number of hydrogen-bond acceptors (Lipinski definition) is 5. The van der Waals surface area contributed by atoms with Crippen LogP contribution >= 0.6 is 0 Å². The van der Waals surface area contributed by atoms with Gasteiger partial charge in [-0.3, -0.25) is 14.9 Å². The van der Waals surface area contributed by atoms with Crippen molar-refractivity contribution in [2.75, 3.05) is 7.11 Å². The molecular weight excluding hydrogens is 396 g/mol. The molecule has 0 fully saturated rings. The highest BCUT2D eigenvalue weighted by molar-refractivity contribution is 5.86. The Morgan fingerprint density at radius 3 is 2.26 bits per heavy atom. The number of hydrogen-bond donors (Lipinski definition) is 1. The third kappa shape index (κ3) is 5.99. The smallest absolute Gasteiger partial charge is 0.328 e. The summed E-state index contributed by atoms with van der Waals surface area (Å²) in [7, 11) is 1.26. The van der Waals surface area contributed by atoms with E-state index in [0.29, 0.717) is 5.56 Å². The van der Waals surface area contributed by atoms with Gasteiger partial charge in [-0.05, 0) is 22.3 Å². The summed E-state index contributed by atoms with van der Waals surface area (Å²) in [6, 6.07) is 22.6. The second kappa shape index (κ2) is 10.2. The number of nitrogens with zero attached hydrogens (tertiary/aromatic N) is 1. The van der Waals surface area contributed by atoms with Crippen LogP contribution in [0.15, 0.2) is 78.9 Å². The Morgan fingerprint density at radius 1 is 0.935 bits per heavy atom. The molecule has 0 saturated heterocycles. The van der Waals surface area contributed by atoms with E-state index in [1.54, 1.807) is 6.07 Å². The van der Waals surface area contributed by atoms with Crippen molar-refractivity contribution < 1.29 is 19.2 Å². The lowest BCUT2D eigenvalue weighted by atomic mass is 10.0. The molecule has 1 amide bonds. The molecule has 0 aliphatic heterocycles. The minimum Gasteiger partial charge on any atom is -0.467 e. The number of methoxy groups -OCH3 is 1. The molecule has 0 heterocycles. The van der Waals surface area contributed by atoms with Gasteiger partial charge in [0, 0.05) is 18.6 Å². The van der Waals surface area contributed by atoms with Gasteiger partial charge < -0.3 is 10.1 Å². The van der Waals surface area contributed by atoms with Crippen molar-refractivity contribution in [2.24, 2.45) is 0 Å². The fraction of sp³-hybridized carbons (Fsp3) is 0.167. The highest BCUT2D eigenvalue weighted by atomic mass is 16.6. The van der Waals surface area contributed by atoms with E-state index in [1.807, 2.05) is 54.6 Å². The minimum atomic E-state index is -0.862. The third-order valence-electron chi connectivity index (χ3n) is 4.81. The lowest BCUT2D eigenvalue weighted by molar-refractivity contribution is -0.384. The second-order valence-corrected chi connectivity index (χ2v) is 7.01. The van der Waals surface area contributed by atoms with Gasteiger partial charge >= 0.3 is 5.97 Å². The molecule has 0 aromatic heterocycles. The summed E-state index contributed by atoms with van der Waals surface area (Å²) in [5.74, 6) is -0.976. The molecule has 31 heavy (non-hydrogen) atoms. The van der Waals surface area contributed by atoms with E-state index in [0.717, 1.165) is 16.7 Å². The van der Waals surface area contributed by atoms with Gasteiger partial charge in [-0.15, -0.1) is 0 Å². The number of esters is 1. The molecule has 0 aliphatic carbocycles. The standard InChI is InChI=1S/C24H22N2O5/c1-31-24(28)22(25-23(27)16-18-6-5-9-21(14-18)26(29)30)15-17-10-12-20(13-11-17)19-7-3-2-4-8-19/h2-14,22H,15-16H2,1H3,(H,25,27)/t22-/m1/s1. The number of rotatable bonds is 8. The topological polar surface area (TPSA) is 98.5 Å². The minimum absolute atomic E-state index is 0.0812. The van der Waals surface area contributed by atoms with Gasteiger partial charge in [0.25, 0.3) is 5.69 Å².